The molecule has 15 nitrogen and oxygen atoms in total. The molecule has 4 aromatic carbocycles. The Balaban J connectivity index is 0.830. The number of hydrogen-bond acceptors (Lipinski definition) is 10. The quantitative estimate of drug-likeness (QED) is 0.0339. The maximum Gasteiger partial charge on any atom is 0.296 e. The molecule has 3 heterocycles. The highest BCUT2D eigenvalue weighted by Crippen LogP contribution is 2.34. The number of fused-ring (bicyclic) bond motifs is 2. The van der Waals surface area contributed by atoms with E-state index in [1.165, 1.54) is 4.90 Å². The van der Waals surface area contributed by atoms with Crippen molar-refractivity contribution >= 4 is 57.5 Å². The lowest BCUT2D eigenvalue weighted by Crippen LogP contribution is -2.52. The predicted molar refractivity (Wildman–Crippen MR) is 233 cm³/mol. The van der Waals surface area contributed by atoms with Crippen LogP contribution in [0.3, 0.4) is 0 Å². The maximum atomic E-state index is 13.1. The summed E-state index contributed by atoms with van der Waals surface area (Å²) < 4.78 is 11.3. The lowest BCUT2D eigenvalue weighted by atomic mass is 10.00. The number of nitrogens with one attached hydrogen (secondary N) is 5. The number of H-pyrrole nitrogens is 1. The fourth-order valence-electron chi connectivity index (χ4n) is 7.29. The molecule has 0 radical (unpaired) electrons. The third-order valence-corrected chi connectivity index (χ3v) is 10.4. The molecule has 2 aliphatic heterocycles. The Morgan fingerprint density at radius 3 is 2.50 bits per heavy atom. The van der Waals surface area contributed by atoms with E-state index < -0.39 is 11.9 Å². The van der Waals surface area contributed by atoms with E-state index in [2.05, 4.69) is 38.1 Å². The van der Waals surface area contributed by atoms with Gasteiger partial charge in [0.2, 0.25) is 17.7 Å². The van der Waals surface area contributed by atoms with Gasteiger partial charge in [-0.15, -0.1) is 0 Å². The molecule has 1 unspecified atom stereocenters. The van der Waals surface area contributed by atoms with Crippen LogP contribution < -0.4 is 21.3 Å². The Bertz CT molecular complexity index is 2560. The average Bonchev–Trinajstić information content (AvgIpc) is 3.78. The monoisotopic (exact) mass is 837 g/mol. The molecule has 0 saturated carbocycles. The second-order valence-corrected chi connectivity index (χ2v) is 14.6. The summed E-state index contributed by atoms with van der Waals surface area (Å²) in [7, 11) is 0. The van der Waals surface area contributed by atoms with Gasteiger partial charge in [0.15, 0.2) is 5.88 Å². The number of aromatic amines is 1. The van der Waals surface area contributed by atoms with Crippen molar-refractivity contribution in [2.24, 2.45) is 4.99 Å². The van der Waals surface area contributed by atoms with Gasteiger partial charge in [-0.3, -0.25) is 29.3 Å². The van der Waals surface area contributed by atoms with Crippen LogP contribution in [-0.2, 0) is 41.7 Å². The molecule has 7 rings (SSSR count). The maximum absolute atomic E-state index is 13.1. The summed E-state index contributed by atoms with van der Waals surface area (Å²) in [5.41, 5.74) is 6.64. The van der Waals surface area contributed by atoms with Gasteiger partial charge in [-0.2, -0.15) is 0 Å². The van der Waals surface area contributed by atoms with Gasteiger partial charge in [-0.05, 0) is 55.3 Å². The number of ether oxygens (including phenoxy) is 2. The number of anilines is 1. The van der Waals surface area contributed by atoms with Gasteiger partial charge in [0.1, 0.15) is 6.04 Å². The van der Waals surface area contributed by atoms with E-state index in [4.69, 9.17) is 14.5 Å². The molecule has 62 heavy (non-hydrogen) atoms. The van der Waals surface area contributed by atoms with Crippen LogP contribution in [0.2, 0.25) is 0 Å². The Morgan fingerprint density at radius 2 is 1.73 bits per heavy atom. The number of carbonyl (C=O) groups excluding carboxylic acids is 5. The van der Waals surface area contributed by atoms with Crippen LogP contribution in [0.1, 0.15) is 64.4 Å². The largest absolute Gasteiger partial charge is 0.494 e. The van der Waals surface area contributed by atoms with Crippen molar-refractivity contribution in [3.05, 3.63) is 124 Å². The lowest BCUT2D eigenvalue weighted by Gasteiger charge is -2.29. The number of piperidine rings is 1. The number of aromatic hydroxyl groups is 1. The molecule has 318 valence electrons. The van der Waals surface area contributed by atoms with E-state index >= 15 is 0 Å². The molecule has 0 bridgehead atoms. The molecule has 15 heteroatoms. The SMILES string of the molecule is CCNC(=O)C#Cc1ccc2c(C(=Nc3ccc(CNCCOCCOCCC(=O)Nc4cccc5c4CN(C4CCC(=O)NC4=O)C5=O)cc3)c3ccccc3)c(O)[nH]c2c1. The normalized spacial score (nSPS) is 14.9. The van der Waals surface area contributed by atoms with Crippen LogP contribution in [0.15, 0.2) is 96.0 Å². The average molecular weight is 838 g/mol. The summed E-state index contributed by atoms with van der Waals surface area (Å²) in [5, 5.41) is 23.1. The molecule has 1 aromatic heterocycles. The number of amides is 5. The van der Waals surface area contributed by atoms with Gasteiger partial charge in [-0.1, -0.05) is 60.5 Å². The zero-order valence-corrected chi connectivity index (χ0v) is 34.2. The van der Waals surface area contributed by atoms with E-state index in [-0.39, 0.29) is 61.9 Å². The second-order valence-electron chi connectivity index (χ2n) is 14.6. The Morgan fingerprint density at radius 1 is 0.935 bits per heavy atom. The van der Waals surface area contributed by atoms with E-state index in [1.807, 2.05) is 73.7 Å². The van der Waals surface area contributed by atoms with Gasteiger partial charge < -0.3 is 40.4 Å². The highest BCUT2D eigenvalue weighted by atomic mass is 16.5. The fourth-order valence-corrected chi connectivity index (χ4v) is 7.29. The zero-order valence-electron chi connectivity index (χ0n) is 34.2. The number of imide groups is 1. The van der Waals surface area contributed by atoms with Crippen molar-refractivity contribution in [1.29, 1.82) is 0 Å². The van der Waals surface area contributed by atoms with Crippen molar-refractivity contribution in [2.75, 3.05) is 44.8 Å². The predicted octanol–water partition coefficient (Wildman–Crippen LogP) is 4.44. The van der Waals surface area contributed by atoms with Crippen LogP contribution in [0.25, 0.3) is 10.9 Å². The van der Waals surface area contributed by atoms with Crippen LogP contribution >= 0.6 is 0 Å². The fraction of sp³-hybridized carbons (Fsp3) is 0.277. The Labute approximate surface area is 358 Å². The summed E-state index contributed by atoms with van der Waals surface area (Å²) in [4.78, 5) is 71.1. The van der Waals surface area contributed by atoms with Gasteiger partial charge in [0.25, 0.3) is 11.8 Å². The van der Waals surface area contributed by atoms with E-state index in [9.17, 15) is 29.1 Å². The minimum Gasteiger partial charge on any atom is -0.494 e. The lowest BCUT2D eigenvalue weighted by molar-refractivity contribution is -0.137. The van der Waals surface area contributed by atoms with Crippen molar-refractivity contribution in [1.82, 2.24) is 25.8 Å². The number of aromatic nitrogens is 1. The number of benzene rings is 4. The van der Waals surface area contributed by atoms with Gasteiger partial charge >= 0.3 is 0 Å². The minimum atomic E-state index is -0.731. The van der Waals surface area contributed by atoms with Crippen molar-refractivity contribution in [2.45, 2.75) is 45.3 Å². The van der Waals surface area contributed by atoms with Crippen LogP contribution in [0, 0.1) is 11.8 Å². The van der Waals surface area contributed by atoms with Crippen molar-refractivity contribution in [3.63, 3.8) is 0 Å². The molecule has 0 spiro atoms. The molecule has 1 fully saturated rings. The third kappa shape index (κ3) is 10.6. The highest BCUT2D eigenvalue weighted by Gasteiger charge is 2.40. The number of nitrogens with zero attached hydrogens (tertiary/aromatic N) is 2. The summed E-state index contributed by atoms with van der Waals surface area (Å²) in [5.74, 6) is 3.67. The topological polar surface area (TPSA) is 204 Å². The third-order valence-electron chi connectivity index (χ3n) is 10.4. The standard InChI is InChI=1S/C47H47N7O8/c1-2-49-40(55)19-14-30-13-17-35-38(27-30)52-46(59)43(35)44(32-7-4-3-5-8-32)50-33-15-11-31(12-16-33)28-48-22-24-62-26-25-61-23-21-42(57)51-37-10-6-9-34-36(37)29-54(47(34)60)39-18-20-41(56)53-45(39)58/h3-13,15-17,27,39,48,52,59H,2,18,20-26,28-29H2,1H3,(H,49,55)(H,51,57)(H,53,56,58). The smallest absolute Gasteiger partial charge is 0.296 e. The highest BCUT2D eigenvalue weighted by molar-refractivity contribution is 6.22. The van der Waals surface area contributed by atoms with E-state index in [0.717, 1.165) is 16.5 Å². The first-order chi connectivity index (χ1) is 30.2. The first-order valence-corrected chi connectivity index (χ1v) is 20.5. The molecule has 5 aromatic rings. The van der Waals surface area contributed by atoms with Crippen molar-refractivity contribution < 1.29 is 38.6 Å². The molecular formula is C47H47N7O8. The first-order valence-electron chi connectivity index (χ1n) is 20.5. The molecule has 0 aliphatic carbocycles. The summed E-state index contributed by atoms with van der Waals surface area (Å²) in [6.45, 7) is 5.07. The van der Waals surface area contributed by atoms with Gasteiger partial charge in [0.05, 0.1) is 55.3 Å². The van der Waals surface area contributed by atoms with Crippen LogP contribution in [0.5, 0.6) is 5.88 Å². The minimum absolute atomic E-state index is 0.0238. The summed E-state index contributed by atoms with van der Waals surface area (Å²) >= 11 is 0. The molecule has 2 aliphatic rings. The summed E-state index contributed by atoms with van der Waals surface area (Å²) in [6, 6.07) is 27.3. The molecular weight excluding hydrogens is 791 g/mol. The number of rotatable bonds is 17. The number of carbonyl (C=O) groups is 5. The zero-order chi connectivity index (χ0) is 43.4. The van der Waals surface area contributed by atoms with Crippen molar-refractivity contribution in [3.8, 4) is 17.7 Å². The summed E-state index contributed by atoms with van der Waals surface area (Å²) in [6.07, 6.45) is 0.540. The van der Waals surface area contributed by atoms with E-state index in [1.54, 1.807) is 24.3 Å². The van der Waals surface area contributed by atoms with Gasteiger partial charge in [0, 0.05) is 71.8 Å². The van der Waals surface area contributed by atoms with Gasteiger partial charge in [-0.25, -0.2) is 4.99 Å². The number of aliphatic imine (C=N–C) groups is 1. The molecule has 1 saturated heterocycles. The molecule has 5 amide bonds. The Hall–Kier alpha value is -7.12. The second kappa shape index (κ2) is 20.4. The van der Waals surface area contributed by atoms with Crippen LogP contribution in [0.4, 0.5) is 11.4 Å². The van der Waals surface area contributed by atoms with Crippen LogP contribution in [-0.4, -0.2) is 95.8 Å². The molecule has 6 N–H and O–H groups in total. The molecule has 1 atom stereocenters. The van der Waals surface area contributed by atoms with E-state index in [0.29, 0.717) is 84.3 Å². The first kappa shape index (κ1) is 43.0. The number of hydrogen-bond donors (Lipinski definition) is 6. The Kier molecular flexibility index (Phi) is 14.2.